The molecule has 1 aliphatic carbocycles. The molecule has 0 amide bonds. The van der Waals surface area contributed by atoms with Gasteiger partial charge in [0.25, 0.3) is 0 Å². The Bertz CT molecular complexity index is 414. The minimum atomic E-state index is -4.29. The summed E-state index contributed by atoms with van der Waals surface area (Å²) in [6, 6.07) is 5.94. The standard InChI is InChI=1S/C15H20F3N/c1-2-11-7-3-5-9-13(11)19-14-10-6-4-8-12(14)15(16,17)18/h4,6,8,10-11,13,19H,2-3,5,7,9H2,1H3. The lowest BCUT2D eigenvalue weighted by Crippen LogP contribution is -2.32. The van der Waals surface area contributed by atoms with Gasteiger partial charge in [0.2, 0.25) is 0 Å². The molecule has 2 unspecified atom stereocenters. The molecule has 1 aliphatic rings. The second-order valence-electron chi connectivity index (χ2n) is 5.25. The van der Waals surface area contributed by atoms with Crippen molar-refractivity contribution in [2.24, 2.45) is 5.92 Å². The minimum absolute atomic E-state index is 0.169. The highest BCUT2D eigenvalue weighted by molar-refractivity contribution is 5.53. The van der Waals surface area contributed by atoms with E-state index in [1.54, 1.807) is 6.07 Å². The average Bonchev–Trinajstić information content (AvgIpc) is 2.39. The number of hydrogen-bond donors (Lipinski definition) is 1. The molecule has 106 valence electrons. The van der Waals surface area contributed by atoms with Crippen LogP contribution in [-0.4, -0.2) is 6.04 Å². The normalized spacial score (nSPS) is 24.2. The molecule has 19 heavy (non-hydrogen) atoms. The van der Waals surface area contributed by atoms with Crippen LogP contribution in [0.25, 0.3) is 0 Å². The molecule has 2 atom stereocenters. The van der Waals surface area contributed by atoms with Crippen LogP contribution in [0.3, 0.4) is 0 Å². The zero-order valence-electron chi connectivity index (χ0n) is 11.1. The molecule has 0 aliphatic heterocycles. The van der Waals surface area contributed by atoms with Gasteiger partial charge in [-0.1, -0.05) is 38.3 Å². The number of para-hydroxylation sites is 1. The first kappa shape index (κ1) is 14.2. The number of hydrogen-bond acceptors (Lipinski definition) is 1. The molecule has 2 rings (SSSR count). The molecule has 0 radical (unpaired) electrons. The molecular weight excluding hydrogens is 251 g/mol. The molecular formula is C15H20F3N. The van der Waals surface area contributed by atoms with Crippen molar-refractivity contribution in [3.8, 4) is 0 Å². The lowest BCUT2D eigenvalue weighted by molar-refractivity contribution is -0.137. The fourth-order valence-electron chi connectivity index (χ4n) is 2.94. The van der Waals surface area contributed by atoms with E-state index in [4.69, 9.17) is 0 Å². The van der Waals surface area contributed by atoms with Crippen LogP contribution in [0.2, 0.25) is 0 Å². The quantitative estimate of drug-likeness (QED) is 0.807. The molecule has 1 aromatic carbocycles. The summed E-state index contributed by atoms with van der Waals surface area (Å²) in [5.74, 6) is 0.482. The summed E-state index contributed by atoms with van der Waals surface area (Å²) in [5.41, 5.74) is -0.337. The van der Waals surface area contributed by atoms with E-state index in [1.165, 1.54) is 18.6 Å². The van der Waals surface area contributed by atoms with Crippen LogP contribution in [0.15, 0.2) is 24.3 Å². The smallest absolute Gasteiger partial charge is 0.382 e. The molecule has 0 saturated heterocycles. The Balaban J connectivity index is 2.18. The van der Waals surface area contributed by atoms with Gasteiger partial charge in [0, 0.05) is 11.7 Å². The summed E-state index contributed by atoms with van der Waals surface area (Å²) in [4.78, 5) is 0. The third-order valence-corrected chi connectivity index (χ3v) is 4.01. The van der Waals surface area contributed by atoms with Crippen molar-refractivity contribution in [1.82, 2.24) is 0 Å². The van der Waals surface area contributed by atoms with E-state index >= 15 is 0 Å². The zero-order chi connectivity index (χ0) is 13.9. The zero-order valence-corrected chi connectivity index (χ0v) is 11.1. The largest absolute Gasteiger partial charge is 0.418 e. The molecule has 0 aromatic heterocycles. The van der Waals surface area contributed by atoms with Gasteiger partial charge in [0.05, 0.1) is 5.56 Å². The first-order valence-electron chi connectivity index (χ1n) is 6.95. The summed E-state index contributed by atoms with van der Waals surface area (Å²) >= 11 is 0. The van der Waals surface area contributed by atoms with Crippen LogP contribution >= 0.6 is 0 Å². The van der Waals surface area contributed by atoms with E-state index in [2.05, 4.69) is 12.2 Å². The fraction of sp³-hybridized carbons (Fsp3) is 0.600. The highest BCUT2D eigenvalue weighted by atomic mass is 19.4. The van der Waals surface area contributed by atoms with Crippen molar-refractivity contribution in [2.45, 2.75) is 51.2 Å². The van der Waals surface area contributed by atoms with Gasteiger partial charge < -0.3 is 5.32 Å². The number of rotatable bonds is 3. The van der Waals surface area contributed by atoms with Gasteiger partial charge in [-0.25, -0.2) is 0 Å². The maximum atomic E-state index is 12.9. The molecule has 1 N–H and O–H groups in total. The van der Waals surface area contributed by atoms with Crippen LogP contribution in [-0.2, 0) is 6.18 Å². The van der Waals surface area contributed by atoms with Gasteiger partial charge >= 0.3 is 6.18 Å². The van der Waals surface area contributed by atoms with E-state index in [0.717, 1.165) is 31.7 Å². The lowest BCUT2D eigenvalue weighted by atomic mass is 9.82. The van der Waals surface area contributed by atoms with Gasteiger partial charge in [-0.15, -0.1) is 0 Å². The SMILES string of the molecule is CCC1CCCCC1Nc1ccccc1C(F)(F)F. The number of nitrogens with one attached hydrogen (secondary N) is 1. The Kier molecular flexibility index (Phi) is 4.38. The molecule has 4 heteroatoms. The van der Waals surface area contributed by atoms with Crippen LogP contribution in [0.1, 0.15) is 44.6 Å². The first-order valence-corrected chi connectivity index (χ1v) is 6.95. The van der Waals surface area contributed by atoms with Crippen molar-refractivity contribution in [2.75, 3.05) is 5.32 Å². The van der Waals surface area contributed by atoms with Crippen molar-refractivity contribution in [3.05, 3.63) is 29.8 Å². The van der Waals surface area contributed by atoms with Crippen molar-refractivity contribution >= 4 is 5.69 Å². The fourth-order valence-corrected chi connectivity index (χ4v) is 2.94. The minimum Gasteiger partial charge on any atom is -0.382 e. The molecule has 0 spiro atoms. The molecule has 1 fully saturated rings. The maximum Gasteiger partial charge on any atom is 0.418 e. The maximum absolute atomic E-state index is 12.9. The number of alkyl halides is 3. The Labute approximate surface area is 112 Å². The summed E-state index contributed by atoms with van der Waals surface area (Å²) < 4.78 is 38.8. The van der Waals surface area contributed by atoms with Crippen molar-refractivity contribution in [1.29, 1.82) is 0 Å². The first-order chi connectivity index (χ1) is 9.02. The Hall–Kier alpha value is -1.19. The predicted molar refractivity (Wildman–Crippen MR) is 71.1 cm³/mol. The molecule has 1 aromatic rings. The van der Waals surface area contributed by atoms with Crippen LogP contribution in [0.5, 0.6) is 0 Å². The number of benzene rings is 1. The monoisotopic (exact) mass is 271 g/mol. The predicted octanol–water partition coefficient (Wildman–Crippen LogP) is 5.09. The van der Waals surface area contributed by atoms with Gasteiger partial charge in [-0.3, -0.25) is 0 Å². The lowest BCUT2D eigenvalue weighted by Gasteiger charge is -2.33. The van der Waals surface area contributed by atoms with Crippen LogP contribution in [0, 0.1) is 5.92 Å². The van der Waals surface area contributed by atoms with Gasteiger partial charge in [-0.2, -0.15) is 13.2 Å². The van der Waals surface area contributed by atoms with E-state index in [0.29, 0.717) is 5.92 Å². The highest BCUT2D eigenvalue weighted by Gasteiger charge is 2.34. The van der Waals surface area contributed by atoms with Gasteiger partial charge in [-0.05, 0) is 30.9 Å². The molecule has 1 saturated carbocycles. The number of anilines is 1. The highest BCUT2D eigenvalue weighted by Crippen LogP contribution is 2.37. The van der Waals surface area contributed by atoms with Crippen LogP contribution < -0.4 is 5.32 Å². The summed E-state index contributed by atoms with van der Waals surface area (Å²) in [7, 11) is 0. The van der Waals surface area contributed by atoms with E-state index < -0.39 is 11.7 Å². The topological polar surface area (TPSA) is 12.0 Å². The molecule has 1 nitrogen and oxygen atoms in total. The Morgan fingerprint density at radius 2 is 1.84 bits per heavy atom. The Morgan fingerprint density at radius 1 is 1.16 bits per heavy atom. The number of halogens is 3. The van der Waals surface area contributed by atoms with E-state index in [1.807, 2.05) is 0 Å². The summed E-state index contributed by atoms with van der Waals surface area (Å²) in [6.07, 6.45) is 1.10. The third kappa shape index (κ3) is 3.43. The molecule has 0 heterocycles. The average molecular weight is 271 g/mol. The van der Waals surface area contributed by atoms with Crippen molar-refractivity contribution < 1.29 is 13.2 Å². The Morgan fingerprint density at radius 3 is 2.53 bits per heavy atom. The van der Waals surface area contributed by atoms with Gasteiger partial charge in [0.1, 0.15) is 0 Å². The second-order valence-corrected chi connectivity index (χ2v) is 5.25. The summed E-state index contributed by atoms with van der Waals surface area (Å²) in [6.45, 7) is 2.11. The second kappa shape index (κ2) is 5.85. The van der Waals surface area contributed by atoms with Crippen molar-refractivity contribution in [3.63, 3.8) is 0 Å². The van der Waals surface area contributed by atoms with E-state index in [9.17, 15) is 13.2 Å². The van der Waals surface area contributed by atoms with Crippen LogP contribution in [0.4, 0.5) is 18.9 Å². The van der Waals surface area contributed by atoms with E-state index in [-0.39, 0.29) is 11.7 Å². The van der Waals surface area contributed by atoms with Gasteiger partial charge in [0.15, 0.2) is 0 Å². The third-order valence-electron chi connectivity index (χ3n) is 4.01. The molecule has 0 bridgehead atoms. The summed E-state index contributed by atoms with van der Waals surface area (Å²) in [5, 5.41) is 3.14.